The average molecular weight is 964 g/mol. The lowest BCUT2D eigenvalue weighted by Crippen LogP contribution is -2.38. The van der Waals surface area contributed by atoms with Crippen molar-refractivity contribution < 1.29 is 38.1 Å². The van der Waals surface area contributed by atoms with Crippen molar-refractivity contribution in [3.63, 3.8) is 0 Å². The Hall–Kier alpha value is -2.20. The van der Waals surface area contributed by atoms with Gasteiger partial charge in [0.2, 0.25) is 0 Å². The number of carbonyl (C=O) groups excluding carboxylic acids is 4. The first-order valence-corrected chi connectivity index (χ1v) is 28.7. The summed E-state index contributed by atoms with van der Waals surface area (Å²) < 4.78 is 23.3. The maximum atomic E-state index is 13.5. The van der Waals surface area contributed by atoms with E-state index in [1.54, 1.807) is 0 Å². The van der Waals surface area contributed by atoms with Crippen LogP contribution in [-0.2, 0) is 38.1 Å². The highest BCUT2D eigenvalue weighted by Crippen LogP contribution is 2.30. The van der Waals surface area contributed by atoms with Gasteiger partial charge in [-0.2, -0.15) is 0 Å². The van der Waals surface area contributed by atoms with Crippen molar-refractivity contribution in [2.24, 2.45) is 22.7 Å². The second-order valence-corrected chi connectivity index (χ2v) is 22.4. The van der Waals surface area contributed by atoms with E-state index in [-0.39, 0.29) is 30.0 Å². The van der Waals surface area contributed by atoms with Crippen LogP contribution in [0.15, 0.2) is 0 Å². The zero-order valence-electron chi connectivity index (χ0n) is 46.3. The van der Waals surface area contributed by atoms with Crippen molar-refractivity contribution >= 4 is 23.9 Å². The summed E-state index contributed by atoms with van der Waals surface area (Å²) in [4.78, 5) is 56.3. The Morgan fingerprint density at radius 1 is 0.529 bits per heavy atom. The molecule has 10 nitrogen and oxygen atoms in total. The summed E-state index contributed by atoms with van der Waals surface area (Å²) in [6.45, 7) is 20.3. The summed E-state index contributed by atoms with van der Waals surface area (Å²) in [7, 11) is 3.87. The Morgan fingerprint density at radius 3 is 1.38 bits per heavy atom. The van der Waals surface area contributed by atoms with Gasteiger partial charge in [-0.15, -0.1) is 0 Å². The lowest BCUT2D eigenvalue weighted by molar-refractivity contribution is -0.155. The molecule has 0 unspecified atom stereocenters. The molecule has 1 aliphatic heterocycles. The van der Waals surface area contributed by atoms with E-state index >= 15 is 0 Å². The molecule has 1 heterocycles. The molecule has 0 aromatic rings. The number of nitrogens with zero attached hydrogens (tertiary/aromatic N) is 2. The van der Waals surface area contributed by atoms with E-state index in [0.29, 0.717) is 45.8 Å². The fourth-order valence-corrected chi connectivity index (χ4v) is 9.79. The molecule has 1 rings (SSSR count). The monoisotopic (exact) mass is 963 g/mol. The van der Waals surface area contributed by atoms with Crippen LogP contribution in [0.3, 0.4) is 0 Å². The summed E-state index contributed by atoms with van der Waals surface area (Å²) in [5.41, 5.74) is -1.02. The highest BCUT2D eigenvalue weighted by molar-refractivity contribution is 5.77. The molecule has 0 bridgehead atoms. The zero-order valence-corrected chi connectivity index (χ0v) is 46.3. The molecular formula is C58H110N2O8. The highest BCUT2D eigenvalue weighted by atomic mass is 16.6. The van der Waals surface area contributed by atoms with Gasteiger partial charge in [-0.3, -0.25) is 24.1 Å². The van der Waals surface area contributed by atoms with Gasteiger partial charge in [-0.05, 0) is 112 Å². The van der Waals surface area contributed by atoms with Crippen LogP contribution in [0.25, 0.3) is 0 Å². The predicted molar refractivity (Wildman–Crippen MR) is 282 cm³/mol. The third-order valence-electron chi connectivity index (χ3n) is 14.6. The summed E-state index contributed by atoms with van der Waals surface area (Å²) in [6.07, 6.45) is 34.3. The van der Waals surface area contributed by atoms with E-state index in [1.165, 1.54) is 103 Å². The number of ether oxygens (including phenoxy) is 4. The minimum atomic E-state index is -0.512. The van der Waals surface area contributed by atoms with Crippen molar-refractivity contribution in [3.05, 3.63) is 0 Å². The Kier molecular flexibility index (Phi) is 37.0. The quantitative estimate of drug-likeness (QED) is 0.0332. The summed E-state index contributed by atoms with van der Waals surface area (Å²) in [5, 5.41) is 0. The predicted octanol–water partition coefficient (Wildman–Crippen LogP) is 14.6. The molecule has 0 aromatic carbocycles. The highest BCUT2D eigenvalue weighted by Gasteiger charge is 2.39. The van der Waals surface area contributed by atoms with Gasteiger partial charge >= 0.3 is 23.9 Å². The largest absolute Gasteiger partial charge is 0.465 e. The molecule has 0 radical (unpaired) electrons. The molecule has 68 heavy (non-hydrogen) atoms. The van der Waals surface area contributed by atoms with Gasteiger partial charge in [0.15, 0.2) is 0 Å². The van der Waals surface area contributed by atoms with Crippen molar-refractivity contribution in [2.75, 3.05) is 53.6 Å². The zero-order chi connectivity index (χ0) is 50.5. The summed E-state index contributed by atoms with van der Waals surface area (Å²) in [5.74, 6) is 0.846. The van der Waals surface area contributed by atoms with E-state index in [2.05, 4.69) is 32.6 Å². The molecule has 2 atom stereocenters. The number of hydrogen-bond donors (Lipinski definition) is 0. The molecule has 0 aliphatic carbocycles. The number of likely N-dealkylation sites (tertiary alicyclic amines) is 1. The summed E-state index contributed by atoms with van der Waals surface area (Å²) in [6, 6.07) is -0.432. The van der Waals surface area contributed by atoms with Crippen molar-refractivity contribution in [2.45, 2.75) is 273 Å². The minimum Gasteiger partial charge on any atom is -0.465 e. The van der Waals surface area contributed by atoms with Crippen LogP contribution in [-0.4, -0.2) is 99.4 Å². The van der Waals surface area contributed by atoms with Gasteiger partial charge in [-0.1, -0.05) is 169 Å². The maximum Gasteiger partial charge on any atom is 0.323 e. The second kappa shape index (κ2) is 39.4. The first kappa shape index (κ1) is 63.8. The number of rotatable bonds is 45. The normalized spacial score (nSPS) is 15.7. The number of carbonyl (C=O) groups is 4. The fourth-order valence-electron chi connectivity index (χ4n) is 9.79. The molecule has 0 amide bonds. The third-order valence-corrected chi connectivity index (χ3v) is 14.6. The molecule has 1 saturated heterocycles. The molecule has 10 heteroatoms. The van der Waals surface area contributed by atoms with Crippen LogP contribution >= 0.6 is 0 Å². The standard InChI is InChI=1S/C58H110N2O8/c1-11-15-23-33-49(34-24-16-12-2)37-31-45-66-55(63)57(5,6)40-27-19-21-29-42-60-48-51(68-53(61)39-43-59(9)10)47-52(60)54(62)65-44-30-22-20-28-41-58(7,8)56(64)67-46-32-38-50(35-25-17-13-3)36-26-18-14-4/h49-52H,11-48H2,1-10H3/t51-,52-/m0/s1. The lowest BCUT2D eigenvalue weighted by Gasteiger charge is -2.24. The van der Waals surface area contributed by atoms with Crippen LogP contribution in [0.1, 0.15) is 261 Å². The third kappa shape index (κ3) is 31.2. The first-order valence-electron chi connectivity index (χ1n) is 28.7. The van der Waals surface area contributed by atoms with Crippen LogP contribution < -0.4 is 0 Å². The van der Waals surface area contributed by atoms with Gasteiger partial charge in [0.25, 0.3) is 0 Å². The Balaban J connectivity index is 2.50. The Labute approximate surface area is 419 Å². The Bertz CT molecular complexity index is 1270. The Morgan fingerprint density at radius 2 is 0.941 bits per heavy atom. The first-order chi connectivity index (χ1) is 32.6. The SMILES string of the molecule is CCCCCC(CCCCC)CCCOC(=O)C(C)(C)CCCCCCOC(=O)[C@@H]1C[C@H](OC(=O)CCN(C)C)CN1CCCCCCC(C)(C)C(=O)OCCCC(CCCCC)CCCCC. The van der Waals surface area contributed by atoms with E-state index < -0.39 is 16.9 Å². The van der Waals surface area contributed by atoms with E-state index in [9.17, 15) is 19.2 Å². The number of unbranched alkanes of at least 4 members (excludes halogenated alkanes) is 14. The number of esters is 4. The molecule has 0 spiro atoms. The number of hydrogen-bond acceptors (Lipinski definition) is 10. The topological polar surface area (TPSA) is 112 Å². The van der Waals surface area contributed by atoms with Crippen molar-refractivity contribution in [1.29, 1.82) is 0 Å². The van der Waals surface area contributed by atoms with Crippen LogP contribution in [0, 0.1) is 22.7 Å². The fraction of sp³-hybridized carbons (Fsp3) is 0.931. The van der Waals surface area contributed by atoms with Gasteiger partial charge < -0.3 is 23.8 Å². The van der Waals surface area contributed by atoms with Gasteiger partial charge in [0.05, 0.1) is 37.1 Å². The molecule has 0 N–H and O–H groups in total. The van der Waals surface area contributed by atoms with E-state index in [4.69, 9.17) is 18.9 Å². The molecule has 1 fully saturated rings. The van der Waals surface area contributed by atoms with Crippen molar-refractivity contribution in [3.8, 4) is 0 Å². The van der Waals surface area contributed by atoms with Crippen LogP contribution in [0.4, 0.5) is 0 Å². The van der Waals surface area contributed by atoms with Gasteiger partial charge in [-0.25, -0.2) is 0 Å². The van der Waals surface area contributed by atoms with Gasteiger partial charge in [0, 0.05) is 19.5 Å². The van der Waals surface area contributed by atoms with Crippen LogP contribution in [0.5, 0.6) is 0 Å². The molecule has 1 aliphatic rings. The smallest absolute Gasteiger partial charge is 0.323 e. The average Bonchev–Trinajstić information content (AvgIpc) is 3.70. The molecular weight excluding hydrogens is 853 g/mol. The van der Waals surface area contributed by atoms with Crippen LogP contribution in [0.2, 0.25) is 0 Å². The molecule has 400 valence electrons. The maximum absolute atomic E-state index is 13.5. The van der Waals surface area contributed by atoms with Crippen molar-refractivity contribution in [1.82, 2.24) is 9.80 Å². The molecule has 0 aromatic heterocycles. The second-order valence-electron chi connectivity index (χ2n) is 22.4. The molecule has 0 saturated carbocycles. The van der Waals surface area contributed by atoms with Gasteiger partial charge in [0.1, 0.15) is 12.1 Å². The minimum absolute atomic E-state index is 0.0865. The lowest BCUT2D eigenvalue weighted by atomic mass is 9.87. The van der Waals surface area contributed by atoms with E-state index in [0.717, 1.165) is 108 Å². The van der Waals surface area contributed by atoms with E-state index in [1.807, 2.05) is 46.7 Å². The summed E-state index contributed by atoms with van der Waals surface area (Å²) >= 11 is 0.